The Morgan fingerprint density at radius 3 is 2.77 bits per heavy atom. The van der Waals surface area contributed by atoms with Crippen LogP contribution in [0.2, 0.25) is 0 Å². The molecule has 0 bridgehead atoms. The summed E-state index contributed by atoms with van der Waals surface area (Å²) in [6.07, 6.45) is 2.86. The molecule has 1 N–H and O–H groups in total. The smallest absolute Gasteiger partial charge is 0.227 e. The van der Waals surface area contributed by atoms with Crippen LogP contribution in [0, 0.1) is 5.92 Å². The Labute approximate surface area is 161 Å². The second-order valence-corrected chi connectivity index (χ2v) is 7.92. The molecule has 0 aliphatic rings. The first-order valence-electron chi connectivity index (χ1n) is 8.89. The second kappa shape index (κ2) is 9.09. The standard InChI is InChI=1S/C19H23N3O2S2/c1-3-13(4-2)18(15-6-5-10-26-15)20-16(23)7-8-17-21-19(22-24-17)14-9-11-25-12-14/h5-6,9-13,18H,3-4,7-8H2,1-2H3,(H,20,23). The molecule has 0 saturated heterocycles. The number of nitrogens with one attached hydrogen (secondary N) is 1. The first kappa shape index (κ1) is 18.8. The quantitative estimate of drug-likeness (QED) is 0.554. The van der Waals surface area contributed by atoms with E-state index in [-0.39, 0.29) is 11.9 Å². The number of amides is 1. The van der Waals surface area contributed by atoms with Crippen LogP contribution in [0.15, 0.2) is 38.9 Å². The highest BCUT2D eigenvalue weighted by Crippen LogP contribution is 2.30. The Balaban J connectivity index is 1.58. The highest BCUT2D eigenvalue weighted by atomic mass is 32.1. The van der Waals surface area contributed by atoms with E-state index < -0.39 is 0 Å². The molecule has 0 aliphatic carbocycles. The number of carbonyl (C=O) groups is 1. The summed E-state index contributed by atoms with van der Waals surface area (Å²) in [5, 5.41) is 13.2. The predicted octanol–water partition coefficient (Wildman–Crippen LogP) is 5.09. The molecule has 26 heavy (non-hydrogen) atoms. The number of carbonyl (C=O) groups excluding carboxylic acids is 1. The van der Waals surface area contributed by atoms with Crippen LogP contribution in [-0.4, -0.2) is 16.0 Å². The lowest BCUT2D eigenvalue weighted by molar-refractivity contribution is -0.122. The number of rotatable bonds is 9. The third-order valence-electron chi connectivity index (χ3n) is 4.50. The van der Waals surface area contributed by atoms with Gasteiger partial charge in [0.1, 0.15) is 0 Å². The molecule has 3 rings (SSSR count). The van der Waals surface area contributed by atoms with Crippen molar-refractivity contribution in [2.45, 2.75) is 45.6 Å². The number of aryl methyl sites for hydroxylation is 1. The Morgan fingerprint density at radius 1 is 1.27 bits per heavy atom. The fourth-order valence-corrected chi connectivity index (χ4v) is 4.48. The minimum atomic E-state index is 0.0191. The molecule has 7 heteroatoms. The molecule has 0 radical (unpaired) electrons. The van der Waals surface area contributed by atoms with Crippen molar-refractivity contribution in [1.29, 1.82) is 0 Å². The van der Waals surface area contributed by atoms with Crippen LogP contribution >= 0.6 is 22.7 Å². The SMILES string of the molecule is CCC(CC)C(NC(=O)CCc1nc(-c2ccsc2)no1)c1cccs1. The van der Waals surface area contributed by atoms with E-state index >= 15 is 0 Å². The molecule has 3 aromatic rings. The lowest BCUT2D eigenvalue weighted by Gasteiger charge is -2.25. The van der Waals surface area contributed by atoms with Crippen LogP contribution in [0.5, 0.6) is 0 Å². The maximum absolute atomic E-state index is 12.5. The van der Waals surface area contributed by atoms with Crippen LogP contribution < -0.4 is 5.32 Å². The van der Waals surface area contributed by atoms with Gasteiger partial charge in [-0.05, 0) is 28.8 Å². The van der Waals surface area contributed by atoms with E-state index in [2.05, 4.69) is 40.8 Å². The van der Waals surface area contributed by atoms with Crippen molar-refractivity contribution in [3.63, 3.8) is 0 Å². The second-order valence-electron chi connectivity index (χ2n) is 6.16. The van der Waals surface area contributed by atoms with Gasteiger partial charge in [-0.15, -0.1) is 11.3 Å². The van der Waals surface area contributed by atoms with Gasteiger partial charge in [0.05, 0.1) is 6.04 Å². The van der Waals surface area contributed by atoms with Crippen molar-refractivity contribution >= 4 is 28.6 Å². The van der Waals surface area contributed by atoms with Crippen LogP contribution in [0.4, 0.5) is 0 Å². The summed E-state index contributed by atoms with van der Waals surface area (Å²) in [4.78, 5) is 18.1. The van der Waals surface area contributed by atoms with E-state index in [0.29, 0.717) is 30.5 Å². The number of aromatic nitrogens is 2. The fraction of sp³-hybridized carbons (Fsp3) is 0.421. The van der Waals surface area contributed by atoms with Crippen molar-refractivity contribution < 1.29 is 9.32 Å². The van der Waals surface area contributed by atoms with E-state index in [1.165, 1.54) is 4.88 Å². The summed E-state index contributed by atoms with van der Waals surface area (Å²) in [7, 11) is 0. The Hall–Kier alpha value is -1.99. The van der Waals surface area contributed by atoms with Crippen molar-refractivity contribution in [2.24, 2.45) is 5.92 Å². The van der Waals surface area contributed by atoms with Crippen LogP contribution in [0.3, 0.4) is 0 Å². The predicted molar refractivity (Wildman–Crippen MR) is 105 cm³/mol. The lowest BCUT2D eigenvalue weighted by Crippen LogP contribution is -2.32. The van der Waals surface area contributed by atoms with E-state index in [9.17, 15) is 4.79 Å². The third kappa shape index (κ3) is 4.59. The fourth-order valence-electron chi connectivity index (χ4n) is 2.98. The summed E-state index contributed by atoms with van der Waals surface area (Å²) in [5.41, 5.74) is 0.945. The Bertz CT molecular complexity index is 793. The van der Waals surface area contributed by atoms with Gasteiger partial charge in [-0.2, -0.15) is 16.3 Å². The molecular formula is C19H23N3O2S2. The summed E-state index contributed by atoms with van der Waals surface area (Å²) >= 11 is 3.28. The Morgan fingerprint density at radius 2 is 2.12 bits per heavy atom. The maximum atomic E-state index is 12.5. The van der Waals surface area contributed by atoms with Crippen LogP contribution in [0.25, 0.3) is 11.4 Å². The molecule has 138 valence electrons. The topological polar surface area (TPSA) is 68.0 Å². The number of nitrogens with zero attached hydrogens (tertiary/aromatic N) is 2. The van der Waals surface area contributed by atoms with Gasteiger partial charge < -0.3 is 9.84 Å². The molecule has 5 nitrogen and oxygen atoms in total. The van der Waals surface area contributed by atoms with Gasteiger partial charge in [-0.1, -0.05) is 37.9 Å². The summed E-state index contributed by atoms with van der Waals surface area (Å²) in [6, 6.07) is 6.15. The first-order chi connectivity index (χ1) is 12.7. The van der Waals surface area contributed by atoms with Gasteiger partial charge in [-0.25, -0.2) is 0 Å². The van der Waals surface area contributed by atoms with Gasteiger partial charge in [0.2, 0.25) is 17.6 Å². The van der Waals surface area contributed by atoms with Crippen molar-refractivity contribution in [2.75, 3.05) is 0 Å². The zero-order valence-corrected chi connectivity index (χ0v) is 16.6. The van der Waals surface area contributed by atoms with Gasteiger partial charge in [0.15, 0.2) is 0 Å². The molecule has 3 heterocycles. The minimum Gasteiger partial charge on any atom is -0.348 e. The first-order valence-corrected chi connectivity index (χ1v) is 10.7. The molecule has 1 amide bonds. The van der Waals surface area contributed by atoms with E-state index in [1.54, 1.807) is 22.7 Å². The zero-order valence-electron chi connectivity index (χ0n) is 15.0. The van der Waals surface area contributed by atoms with Gasteiger partial charge in [0.25, 0.3) is 0 Å². The van der Waals surface area contributed by atoms with Crippen molar-refractivity contribution in [3.05, 3.63) is 45.1 Å². The summed E-state index contributed by atoms with van der Waals surface area (Å²) in [6.45, 7) is 4.34. The van der Waals surface area contributed by atoms with E-state index in [4.69, 9.17) is 4.52 Å². The van der Waals surface area contributed by atoms with Crippen molar-refractivity contribution in [3.8, 4) is 11.4 Å². The third-order valence-corrected chi connectivity index (χ3v) is 6.14. The normalized spacial score (nSPS) is 12.4. The molecule has 0 fully saturated rings. The molecule has 0 aromatic carbocycles. The average Bonchev–Trinajstić information content (AvgIpc) is 3.42. The largest absolute Gasteiger partial charge is 0.348 e. The molecular weight excluding hydrogens is 366 g/mol. The monoisotopic (exact) mass is 389 g/mol. The highest BCUT2D eigenvalue weighted by molar-refractivity contribution is 7.10. The van der Waals surface area contributed by atoms with Crippen LogP contribution in [0.1, 0.15) is 49.9 Å². The number of hydrogen-bond donors (Lipinski definition) is 1. The molecule has 0 aliphatic heterocycles. The molecule has 1 unspecified atom stereocenters. The molecule has 0 saturated carbocycles. The average molecular weight is 390 g/mol. The molecule has 0 spiro atoms. The van der Waals surface area contributed by atoms with E-state index in [0.717, 1.165) is 18.4 Å². The highest BCUT2D eigenvalue weighted by Gasteiger charge is 2.23. The Kier molecular flexibility index (Phi) is 6.57. The minimum absolute atomic E-state index is 0.0191. The lowest BCUT2D eigenvalue weighted by atomic mass is 9.93. The maximum Gasteiger partial charge on any atom is 0.227 e. The molecule has 3 aromatic heterocycles. The molecule has 1 atom stereocenters. The zero-order chi connectivity index (χ0) is 18.4. The summed E-state index contributed by atoms with van der Waals surface area (Å²) < 4.78 is 5.27. The summed E-state index contributed by atoms with van der Waals surface area (Å²) in [5.74, 6) is 1.53. The van der Waals surface area contributed by atoms with Gasteiger partial charge in [0, 0.05) is 28.7 Å². The van der Waals surface area contributed by atoms with Crippen molar-refractivity contribution in [1.82, 2.24) is 15.5 Å². The van der Waals surface area contributed by atoms with E-state index in [1.807, 2.05) is 22.9 Å². The number of thiophene rings is 2. The van der Waals surface area contributed by atoms with Gasteiger partial charge in [-0.3, -0.25) is 4.79 Å². The van der Waals surface area contributed by atoms with Gasteiger partial charge >= 0.3 is 0 Å². The number of hydrogen-bond acceptors (Lipinski definition) is 6. The van der Waals surface area contributed by atoms with Crippen LogP contribution in [-0.2, 0) is 11.2 Å².